The van der Waals surface area contributed by atoms with Gasteiger partial charge in [0.25, 0.3) is 11.6 Å². The maximum absolute atomic E-state index is 12.1. The van der Waals surface area contributed by atoms with Crippen LogP contribution in [0.25, 0.3) is 0 Å². The summed E-state index contributed by atoms with van der Waals surface area (Å²) < 4.78 is 5.31. The Balaban J connectivity index is 1.59. The summed E-state index contributed by atoms with van der Waals surface area (Å²) in [4.78, 5) is 23.3. The molecule has 0 radical (unpaired) electrons. The number of non-ortho nitro benzene ring substituents is 1. The van der Waals surface area contributed by atoms with Gasteiger partial charge in [0, 0.05) is 17.3 Å². The number of amides is 1. The van der Waals surface area contributed by atoms with Crippen LogP contribution in [0.2, 0.25) is 0 Å². The first-order valence-corrected chi connectivity index (χ1v) is 8.81. The van der Waals surface area contributed by atoms with Gasteiger partial charge >= 0.3 is 0 Å². The largest absolute Gasteiger partial charge is 0.484 e. The lowest BCUT2D eigenvalue weighted by atomic mass is 10.2. The third-order valence-corrected chi connectivity index (χ3v) is 4.18. The number of nitro benzene ring substituents is 1. The third-order valence-electron chi connectivity index (χ3n) is 3.40. The van der Waals surface area contributed by atoms with Crippen molar-refractivity contribution in [3.63, 3.8) is 0 Å². The second-order valence-corrected chi connectivity index (χ2v) is 6.35. The van der Waals surface area contributed by atoms with Crippen molar-refractivity contribution in [3.05, 3.63) is 86.6 Å². The topological polar surface area (TPSA) is 81.5 Å². The van der Waals surface area contributed by atoms with E-state index in [1.54, 1.807) is 35.6 Å². The maximum Gasteiger partial charge on any atom is 0.273 e. The fourth-order valence-corrected chi connectivity index (χ4v) is 2.76. The maximum atomic E-state index is 12.1. The Morgan fingerprint density at radius 3 is 2.74 bits per heavy atom. The number of nitrogens with zero attached hydrogens (tertiary/aromatic N) is 1. The molecule has 7 heteroatoms. The van der Waals surface area contributed by atoms with Gasteiger partial charge < -0.3 is 10.1 Å². The van der Waals surface area contributed by atoms with Crippen LogP contribution in [-0.4, -0.2) is 17.4 Å². The normalized spacial score (nSPS) is 9.78. The van der Waals surface area contributed by atoms with E-state index >= 15 is 0 Å². The molecule has 0 aliphatic heterocycles. The van der Waals surface area contributed by atoms with Crippen LogP contribution in [0.1, 0.15) is 10.4 Å². The van der Waals surface area contributed by atoms with Crippen LogP contribution in [0.15, 0.2) is 66.0 Å². The number of thiophene rings is 1. The van der Waals surface area contributed by atoms with E-state index < -0.39 is 4.92 Å². The highest BCUT2D eigenvalue weighted by atomic mass is 32.1. The summed E-state index contributed by atoms with van der Waals surface area (Å²) in [6, 6.07) is 16.7. The minimum Gasteiger partial charge on any atom is -0.484 e. The molecule has 1 N–H and O–H groups in total. The zero-order chi connectivity index (χ0) is 19.1. The molecule has 0 aliphatic carbocycles. The fraction of sp³-hybridized carbons (Fsp3) is 0.0500. The second-order valence-electron chi connectivity index (χ2n) is 5.40. The quantitative estimate of drug-likeness (QED) is 0.412. The molecule has 0 spiro atoms. The molecule has 0 saturated heterocycles. The Morgan fingerprint density at radius 1 is 1.11 bits per heavy atom. The van der Waals surface area contributed by atoms with E-state index in [4.69, 9.17) is 4.74 Å². The first-order valence-electron chi connectivity index (χ1n) is 7.93. The zero-order valence-electron chi connectivity index (χ0n) is 14.0. The molecule has 0 atom stereocenters. The van der Waals surface area contributed by atoms with Crippen LogP contribution in [0.5, 0.6) is 5.75 Å². The summed E-state index contributed by atoms with van der Waals surface area (Å²) in [5, 5.41) is 15.4. The summed E-state index contributed by atoms with van der Waals surface area (Å²) in [5.41, 5.74) is 1.28. The van der Waals surface area contributed by atoms with Gasteiger partial charge in [-0.2, -0.15) is 0 Å². The average Bonchev–Trinajstić information content (AvgIpc) is 3.19. The standard InChI is InChI=1S/C20H14N2O4S/c23-20(14-26-18-7-2-6-17(13-18)22(24)25)21-16-5-1-4-15(12-16)9-10-19-8-3-11-27-19/h1-8,11-13H,14H2,(H,21,23). The molecule has 1 amide bonds. The molecule has 3 rings (SSSR count). The minimum absolute atomic E-state index is 0.0927. The van der Waals surface area contributed by atoms with Crippen LogP contribution >= 0.6 is 11.3 Å². The van der Waals surface area contributed by atoms with E-state index in [1.165, 1.54) is 18.2 Å². The summed E-state index contributed by atoms with van der Waals surface area (Å²) in [6.45, 7) is -0.258. The Hall–Kier alpha value is -3.63. The molecule has 6 nitrogen and oxygen atoms in total. The zero-order valence-corrected chi connectivity index (χ0v) is 14.9. The van der Waals surface area contributed by atoms with Gasteiger partial charge in [-0.05, 0) is 35.7 Å². The first-order chi connectivity index (χ1) is 13.1. The number of nitrogens with one attached hydrogen (secondary N) is 1. The van der Waals surface area contributed by atoms with Gasteiger partial charge in [-0.1, -0.05) is 30.0 Å². The molecule has 1 heterocycles. The van der Waals surface area contributed by atoms with Crippen molar-refractivity contribution in [1.82, 2.24) is 0 Å². The third kappa shape index (κ3) is 5.42. The molecule has 2 aromatic carbocycles. The monoisotopic (exact) mass is 378 g/mol. The van der Waals surface area contributed by atoms with Crippen molar-refractivity contribution in [2.75, 3.05) is 11.9 Å². The number of benzene rings is 2. The van der Waals surface area contributed by atoms with Gasteiger partial charge in [-0.3, -0.25) is 14.9 Å². The van der Waals surface area contributed by atoms with E-state index in [0.717, 1.165) is 10.4 Å². The van der Waals surface area contributed by atoms with Gasteiger partial charge in [0.1, 0.15) is 5.75 Å². The van der Waals surface area contributed by atoms with Crippen LogP contribution < -0.4 is 10.1 Å². The van der Waals surface area contributed by atoms with Crippen LogP contribution in [0.3, 0.4) is 0 Å². The van der Waals surface area contributed by atoms with Crippen molar-refractivity contribution >= 4 is 28.6 Å². The summed E-state index contributed by atoms with van der Waals surface area (Å²) >= 11 is 1.56. The van der Waals surface area contributed by atoms with Crippen LogP contribution in [-0.2, 0) is 4.79 Å². The molecule has 27 heavy (non-hydrogen) atoms. The minimum atomic E-state index is -0.518. The van der Waals surface area contributed by atoms with Gasteiger partial charge in [-0.25, -0.2) is 0 Å². The number of hydrogen-bond donors (Lipinski definition) is 1. The lowest BCUT2D eigenvalue weighted by Gasteiger charge is -2.07. The molecular weight excluding hydrogens is 364 g/mol. The molecule has 0 bridgehead atoms. The highest BCUT2D eigenvalue weighted by molar-refractivity contribution is 7.10. The highest BCUT2D eigenvalue weighted by Gasteiger charge is 2.08. The van der Waals surface area contributed by atoms with Gasteiger partial charge in [0.15, 0.2) is 6.61 Å². The second kappa shape index (κ2) is 8.65. The predicted molar refractivity (Wildman–Crippen MR) is 104 cm³/mol. The average molecular weight is 378 g/mol. The molecule has 0 aliphatic rings. The van der Waals surface area contributed by atoms with Crippen molar-refractivity contribution in [3.8, 4) is 17.6 Å². The molecule has 0 saturated carbocycles. The number of rotatable bonds is 5. The SMILES string of the molecule is O=C(COc1cccc([N+](=O)[O-])c1)Nc1cccc(C#Cc2cccs2)c1. The summed E-state index contributed by atoms with van der Waals surface area (Å²) in [6.07, 6.45) is 0. The van der Waals surface area contributed by atoms with E-state index in [0.29, 0.717) is 5.69 Å². The van der Waals surface area contributed by atoms with Crippen molar-refractivity contribution in [1.29, 1.82) is 0 Å². The van der Waals surface area contributed by atoms with Crippen molar-refractivity contribution < 1.29 is 14.5 Å². The summed E-state index contributed by atoms with van der Waals surface area (Å²) in [7, 11) is 0. The number of hydrogen-bond acceptors (Lipinski definition) is 5. The number of carbonyl (C=O) groups is 1. The molecule has 1 aromatic heterocycles. The van der Waals surface area contributed by atoms with Gasteiger partial charge in [0.2, 0.25) is 0 Å². The molecular formula is C20H14N2O4S. The molecule has 0 fully saturated rings. The summed E-state index contributed by atoms with van der Waals surface area (Å²) in [5.74, 6) is 6.00. The van der Waals surface area contributed by atoms with Crippen molar-refractivity contribution in [2.45, 2.75) is 0 Å². The number of carbonyl (C=O) groups excluding carboxylic acids is 1. The molecule has 0 unspecified atom stereocenters. The lowest BCUT2D eigenvalue weighted by molar-refractivity contribution is -0.384. The van der Waals surface area contributed by atoms with Crippen LogP contribution in [0.4, 0.5) is 11.4 Å². The van der Waals surface area contributed by atoms with E-state index in [2.05, 4.69) is 17.2 Å². The van der Waals surface area contributed by atoms with E-state index in [9.17, 15) is 14.9 Å². The van der Waals surface area contributed by atoms with E-state index in [1.807, 2.05) is 23.6 Å². The Morgan fingerprint density at radius 2 is 1.96 bits per heavy atom. The number of anilines is 1. The fourth-order valence-electron chi connectivity index (χ4n) is 2.19. The molecule has 3 aromatic rings. The van der Waals surface area contributed by atoms with Gasteiger partial charge in [0.05, 0.1) is 15.9 Å². The van der Waals surface area contributed by atoms with Crippen LogP contribution in [0, 0.1) is 22.0 Å². The van der Waals surface area contributed by atoms with Crippen molar-refractivity contribution in [2.24, 2.45) is 0 Å². The highest BCUT2D eigenvalue weighted by Crippen LogP contribution is 2.19. The predicted octanol–water partition coefficient (Wildman–Crippen LogP) is 4.07. The Kier molecular flexibility index (Phi) is 5.82. The number of ether oxygens (including phenoxy) is 1. The van der Waals surface area contributed by atoms with E-state index in [-0.39, 0.29) is 24.0 Å². The Labute approximate surface area is 159 Å². The van der Waals surface area contributed by atoms with Gasteiger partial charge in [-0.15, -0.1) is 11.3 Å². The Bertz CT molecular complexity index is 1020. The molecule has 134 valence electrons. The number of nitro groups is 1. The lowest BCUT2D eigenvalue weighted by Crippen LogP contribution is -2.20. The smallest absolute Gasteiger partial charge is 0.273 e. The first kappa shape index (κ1) is 18.2.